The fourth-order valence-electron chi connectivity index (χ4n) is 2.08. The van der Waals surface area contributed by atoms with E-state index in [4.69, 9.17) is 9.15 Å². The SMILES string of the molecule is COc1ccc(CNC(C)c2ccc(C)o2)cc1OC(F)F. The Morgan fingerprint density at radius 1 is 1.18 bits per heavy atom. The van der Waals surface area contributed by atoms with E-state index in [1.54, 1.807) is 12.1 Å². The molecule has 1 heterocycles. The Balaban J connectivity index is 2.03. The molecule has 0 saturated carbocycles. The molecule has 2 aromatic rings. The first-order chi connectivity index (χ1) is 10.5. The van der Waals surface area contributed by atoms with E-state index >= 15 is 0 Å². The molecule has 4 nitrogen and oxygen atoms in total. The van der Waals surface area contributed by atoms with E-state index in [1.807, 2.05) is 26.0 Å². The van der Waals surface area contributed by atoms with Gasteiger partial charge in [0.25, 0.3) is 0 Å². The third-order valence-electron chi connectivity index (χ3n) is 3.24. The molecule has 1 aromatic heterocycles. The summed E-state index contributed by atoms with van der Waals surface area (Å²) in [5.41, 5.74) is 0.812. The number of rotatable bonds is 7. The van der Waals surface area contributed by atoms with E-state index in [1.165, 1.54) is 13.2 Å². The van der Waals surface area contributed by atoms with Gasteiger partial charge in [0.05, 0.1) is 13.2 Å². The van der Waals surface area contributed by atoms with Gasteiger partial charge in [-0.3, -0.25) is 0 Å². The third-order valence-corrected chi connectivity index (χ3v) is 3.24. The molecule has 0 saturated heterocycles. The number of alkyl halides is 2. The van der Waals surface area contributed by atoms with Crippen LogP contribution in [0.5, 0.6) is 11.5 Å². The fraction of sp³-hybridized carbons (Fsp3) is 0.375. The Labute approximate surface area is 128 Å². The monoisotopic (exact) mass is 311 g/mol. The number of halogens is 2. The molecule has 1 unspecified atom stereocenters. The number of benzene rings is 1. The van der Waals surface area contributed by atoms with Crippen molar-refractivity contribution in [2.45, 2.75) is 33.0 Å². The minimum atomic E-state index is -2.89. The Kier molecular flexibility index (Phi) is 5.38. The number of nitrogens with one attached hydrogen (secondary N) is 1. The van der Waals surface area contributed by atoms with Gasteiger partial charge in [0.15, 0.2) is 11.5 Å². The molecule has 22 heavy (non-hydrogen) atoms. The van der Waals surface area contributed by atoms with Crippen LogP contribution in [0, 0.1) is 6.92 Å². The Morgan fingerprint density at radius 3 is 2.55 bits per heavy atom. The first kappa shape index (κ1) is 16.3. The normalized spacial score (nSPS) is 12.5. The van der Waals surface area contributed by atoms with Crippen LogP contribution in [0.3, 0.4) is 0 Å². The summed E-state index contributed by atoms with van der Waals surface area (Å²) in [5, 5.41) is 3.27. The van der Waals surface area contributed by atoms with Gasteiger partial charge in [-0.15, -0.1) is 0 Å². The highest BCUT2D eigenvalue weighted by Crippen LogP contribution is 2.29. The number of hydrogen-bond acceptors (Lipinski definition) is 4. The van der Waals surface area contributed by atoms with Crippen molar-refractivity contribution in [1.29, 1.82) is 0 Å². The van der Waals surface area contributed by atoms with Crippen molar-refractivity contribution >= 4 is 0 Å². The van der Waals surface area contributed by atoms with Crippen LogP contribution in [0.25, 0.3) is 0 Å². The first-order valence-electron chi connectivity index (χ1n) is 6.91. The van der Waals surface area contributed by atoms with Gasteiger partial charge in [0.1, 0.15) is 11.5 Å². The van der Waals surface area contributed by atoms with Crippen LogP contribution in [-0.4, -0.2) is 13.7 Å². The quantitative estimate of drug-likeness (QED) is 0.838. The van der Waals surface area contributed by atoms with E-state index in [9.17, 15) is 8.78 Å². The number of methoxy groups -OCH3 is 1. The van der Waals surface area contributed by atoms with Crippen molar-refractivity contribution < 1.29 is 22.7 Å². The van der Waals surface area contributed by atoms with Gasteiger partial charge in [-0.25, -0.2) is 0 Å². The largest absolute Gasteiger partial charge is 0.493 e. The highest BCUT2D eigenvalue weighted by Gasteiger charge is 2.13. The van der Waals surface area contributed by atoms with Crippen molar-refractivity contribution in [2.24, 2.45) is 0 Å². The van der Waals surface area contributed by atoms with Crippen LogP contribution < -0.4 is 14.8 Å². The van der Waals surface area contributed by atoms with E-state index in [0.29, 0.717) is 6.54 Å². The molecule has 0 spiro atoms. The van der Waals surface area contributed by atoms with E-state index in [0.717, 1.165) is 17.1 Å². The van der Waals surface area contributed by atoms with E-state index in [2.05, 4.69) is 10.1 Å². The second-order valence-electron chi connectivity index (χ2n) is 4.91. The van der Waals surface area contributed by atoms with Gasteiger partial charge in [0.2, 0.25) is 0 Å². The molecule has 0 aliphatic heterocycles. The highest BCUT2D eigenvalue weighted by atomic mass is 19.3. The maximum atomic E-state index is 12.4. The molecular formula is C16H19F2NO3. The Morgan fingerprint density at radius 2 is 1.95 bits per heavy atom. The molecule has 120 valence electrons. The molecular weight excluding hydrogens is 292 g/mol. The summed E-state index contributed by atoms with van der Waals surface area (Å²) in [6.45, 7) is 1.46. The molecule has 6 heteroatoms. The molecule has 0 fully saturated rings. The Hall–Kier alpha value is -2.08. The zero-order valence-electron chi connectivity index (χ0n) is 12.7. The standard InChI is InChI=1S/C16H19F2NO3/c1-10-4-6-13(21-10)11(2)19-9-12-5-7-14(20-3)15(8-12)22-16(17)18/h4-8,11,16,19H,9H2,1-3H3. The molecule has 0 aliphatic carbocycles. The zero-order valence-corrected chi connectivity index (χ0v) is 12.7. The fourth-order valence-corrected chi connectivity index (χ4v) is 2.08. The third kappa shape index (κ3) is 4.21. The summed E-state index contributed by atoms with van der Waals surface area (Å²) in [7, 11) is 1.41. The van der Waals surface area contributed by atoms with Crippen LogP contribution in [-0.2, 0) is 6.54 Å². The van der Waals surface area contributed by atoms with E-state index < -0.39 is 6.61 Å². The highest BCUT2D eigenvalue weighted by molar-refractivity contribution is 5.43. The Bertz CT molecular complexity index is 613. The van der Waals surface area contributed by atoms with Crippen LogP contribution in [0.15, 0.2) is 34.7 Å². The minimum Gasteiger partial charge on any atom is -0.493 e. The lowest BCUT2D eigenvalue weighted by Crippen LogP contribution is -2.17. The molecule has 1 atom stereocenters. The molecule has 1 N–H and O–H groups in total. The van der Waals surface area contributed by atoms with Crippen molar-refractivity contribution in [3.8, 4) is 11.5 Å². The molecule has 0 amide bonds. The maximum Gasteiger partial charge on any atom is 0.387 e. The van der Waals surface area contributed by atoms with Gasteiger partial charge in [-0.05, 0) is 43.7 Å². The second kappa shape index (κ2) is 7.26. The smallest absolute Gasteiger partial charge is 0.387 e. The molecule has 2 rings (SSSR count). The van der Waals surface area contributed by atoms with E-state index in [-0.39, 0.29) is 17.5 Å². The molecule has 0 radical (unpaired) electrons. The topological polar surface area (TPSA) is 43.6 Å². The minimum absolute atomic E-state index is 0.00951. The van der Waals surface area contributed by atoms with Gasteiger partial charge in [-0.2, -0.15) is 8.78 Å². The van der Waals surface area contributed by atoms with Crippen molar-refractivity contribution in [3.63, 3.8) is 0 Å². The maximum absolute atomic E-state index is 12.4. The van der Waals surface area contributed by atoms with Gasteiger partial charge < -0.3 is 19.2 Å². The second-order valence-corrected chi connectivity index (χ2v) is 4.91. The van der Waals surface area contributed by atoms with Gasteiger partial charge in [0, 0.05) is 6.54 Å². The van der Waals surface area contributed by atoms with Crippen LogP contribution >= 0.6 is 0 Å². The van der Waals surface area contributed by atoms with Gasteiger partial charge in [-0.1, -0.05) is 6.07 Å². The molecule has 1 aromatic carbocycles. The van der Waals surface area contributed by atoms with Crippen molar-refractivity contribution in [2.75, 3.05) is 7.11 Å². The first-order valence-corrected chi connectivity index (χ1v) is 6.91. The average molecular weight is 311 g/mol. The number of aryl methyl sites for hydroxylation is 1. The summed E-state index contributed by atoms with van der Waals surface area (Å²) in [6, 6.07) is 8.76. The number of furan rings is 1. The summed E-state index contributed by atoms with van der Waals surface area (Å²) in [4.78, 5) is 0. The lowest BCUT2D eigenvalue weighted by molar-refractivity contribution is -0.0512. The zero-order chi connectivity index (χ0) is 16.1. The molecule has 0 bridgehead atoms. The summed E-state index contributed by atoms with van der Waals surface area (Å²) in [5.74, 6) is 1.98. The molecule has 0 aliphatic rings. The van der Waals surface area contributed by atoms with Crippen molar-refractivity contribution in [1.82, 2.24) is 5.32 Å². The average Bonchev–Trinajstić information content (AvgIpc) is 2.91. The number of ether oxygens (including phenoxy) is 2. The van der Waals surface area contributed by atoms with Crippen LogP contribution in [0.4, 0.5) is 8.78 Å². The van der Waals surface area contributed by atoms with Gasteiger partial charge >= 0.3 is 6.61 Å². The summed E-state index contributed by atoms with van der Waals surface area (Å²) >= 11 is 0. The number of hydrogen-bond donors (Lipinski definition) is 1. The van der Waals surface area contributed by atoms with Crippen LogP contribution in [0.2, 0.25) is 0 Å². The summed E-state index contributed by atoms with van der Waals surface area (Å²) < 4.78 is 39.8. The van der Waals surface area contributed by atoms with Crippen molar-refractivity contribution in [3.05, 3.63) is 47.4 Å². The summed E-state index contributed by atoms with van der Waals surface area (Å²) in [6.07, 6.45) is 0. The van der Waals surface area contributed by atoms with Crippen LogP contribution in [0.1, 0.15) is 30.0 Å². The lowest BCUT2D eigenvalue weighted by atomic mass is 10.1. The predicted molar refractivity (Wildman–Crippen MR) is 78.3 cm³/mol. The lowest BCUT2D eigenvalue weighted by Gasteiger charge is -2.14. The predicted octanol–water partition coefficient (Wildman–Crippen LogP) is 4.05.